The number of hydrogen-bond donors (Lipinski definition) is 1. The molecule has 0 aliphatic rings. The van der Waals surface area contributed by atoms with Crippen LogP contribution >= 0.6 is 11.8 Å². The number of amides is 1. The zero-order valence-electron chi connectivity index (χ0n) is 15.0. The molecule has 0 atom stereocenters. The number of benzene rings is 2. The molecular formula is C18H16N4O5S. The highest BCUT2D eigenvalue weighted by molar-refractivity contribution is 7.99. The van der Waals surface area contributed by atoms with E-state index in [1.807, 2.05) is 30.3 Å². The third-order valence-electron chi connectivity index (χ3n) is 3.75. The van der Waals surface area contributed by atoms with Crippen molar-refractivity contribution in [1.82, 2.24) is 10.2 Å². The average molecular weight is 400 g/mol. The lowest BCUT2D eigenvalue weighted by Gasteiger charge is -2.10. The smallest absolute Gasteiger partial charge is 0.311 e. The Kier molecular flexibility index (Phi) is 5.90. The van der Waals surface area contributed by atoms with Crippen molar-refractivity contribution in [1.29, 1.82) is 0 Å². The van der Waals surface area contributed by atoms with Gasteiger partial charge in [-0.1, -0.05) is 30.0 Å². The van der Waals surface area contributed by atoms with Gasteiger partial charge in [0.2, 0.25) is 11.8 Å². The maximum absolute atomic E-state index is 12.2. The van der Waals surface area contributed by atoms with E-state index in [0.717, 1.165) is 17.3 Å². The van der Waals surface area contributed by atoms with Gasteiger partial charge in [0.1, 0.15) is 0 Å². The van der Waals surface area contributed by atoms with Crippen molar-refractivity contribution < 1.29 is 18.9 Å². The van der Waals surface area contributed by atoms with E-state index in [9.17, 15) is 14.9 Å². The van der Waals surface area contributed by atoms with Gasteiger partial charge in [-0.25, -0.2) is 0 Å². The quantitative estimate of drug-likeness (QED) is 0.362. The van der Waals surface area contributed by atoms with Crippen LogP contribution in [0.1, 0.15) is 5.56 Å². The van der Waals surface area contributed by atoms with Gasteiger partial charge < -0.3 is 14.5 Å². The highest BCUT2D eigenvalue weighted by Gasteiger charge is 2.19. The highest BCUT2D eigenvalue weighted by Crippen LogP contribution is 2.33. The molecule has 0 aliphatic carbocycles. The zero-order chi connectivity index (χ0) is 20.1. The maximum atomic E-state index is 12.2. The van der Waals surface area contributed by atoms with Crippen LogP contribution in [0.25, 0.3) is 11.5 Å². The van der Waals surface area contributed by atoms with E-state index in [2.05, 4.69) is 15.5 Å². The fraction of sp³-hybridized carbons (Fsp3) is 0.167. The van der Waals surface area contributed by atoms with Crippen molar-refractivity contribution >= 4 is 29.0 Å². The predicted octanol–water partition coefficient (Wildman–Crippen LogP) is 3.69. The van der Waals surface area contributed by atoms with Gasteiger partial charge in [0, 0.05) is 23.4 Å². The SMILES string of the molecule is COc1cc(NC(=O)CSc2nnc(-c3ccccc3)o2)c(C)cc1[N+](=O)[O-]. The van der Waals surface area contributed by atoms with E-state index in [-0.39, 0.29) is 28.3 Å². The van der Waals surface area contributed by atoms with Crippen LogP contribution in [-0.4, -0.2) is 33.9 Å². The Morgan fingerprint density at radius 3 is 2.71 bits per heavy atom. The van der Waals surface area contributed by atoms with Crippen LogP contribution in [0.5, 0.6) is 5.75 Å². The number of ether oxygens (including phenoxy) is 1. The summed E-state index contributed by atoms with van der Waals surface area (Å²) in [5.41, 5.74) is 1.62. The molecule has 3 aromatic rings. The van der Waals surface area contributed by atoms with Gasteiger partial charge in [-0.05, 0) is 24.6 Å². The van der Waals surface area contributed by atoms with Crippen LogP contribution in [0.4, 0.5) is 11.4 Å². The molecule has 0 saturated carbocycles. The van der Waals surface area contributed by atoms with Crippen LogP contribution in [0.3, 0.4) is 0 Å². The Morgan fingerprint density at radius 2 is 2.04 bits per heavy atom. The van der Waals surface area contributed by atoms with Crippen LogP contribution in [0.15, 0.2) is 52.1 Å². The second kappa shape index (κ2) is 8.53. The minimum absolute atomic E-state index is 0.0369. The number of aryl methyl sites for hydroxylation is 1. The molecule has 0 fully saturated rings. The van der Waals surface area contributed by atoms with Gasteiger partial charge >= 0.3 is 5.69 Å². The number of rotatable bonds is 7. The standard InChI is InChI=1S/C18H16N4O5S/c1-11-8-14(22(24)25)15(26-2)9-13(11)19-16(23)10-28-18-21-20-17(27-18)12-6-4-3-5-7-12/h3-9H,10H2,1-2H3,(H,19,23). The molecule has 0 saturated heterocycles. The fourth-order valence-electron chi connectivity index (χ4n) is 2.39. The monoisotopic (exact) mass is 400 g/mol. The first-order valence-electron chi connectivity index (χ1n) is 8.12. The zero-order valence-corrected chi connectivity index (χ0v) is 15.9. The number of thioether (sulfide) groups is 1. The van der Waals surface area contributed by atoms with Gasteiger partial charge in [-0.2, -0.15) is 0 Å². The highest BCUT2D eigenvalue weighted by atomic mass is 32.2. The molecule has 0 radical (unpaired) electrons. The minimum atomic E-state index is -0.535. The van der Waals surface area contributed by atoms with Crippen LogP contribution in [-0.2, 0) is 4.79 Å². The third-order valence-corrected chi connectivity index (χ3v) is 4.57. The van der Waals surface area contributed by atoms with Crippen LogP contribution < -0.4 is 10.1 Å². The number of anilines is 1. The fourth-order valence-corrected chi connectivity index (χ4v) is 2.96. The van der Waals surface area contributed by atoms with Crippen molar-refractivity contribution in [3.05, 3.63) is 58.1 Å². The normalized spacial score (nSPS) is 10.5. The lowest BCUT2D eigenvalue weighted by Crippen LogP contribution is -2.15. The Labute approximate surface area is 164 Å². The number of methoxy groups -OCH3 is 1. The second-order valence-electron chi connectivity index (χ2n) is 5.67. The number of nitrogens with zero attached hydrogens (tertiary/aromatic N) is 3. The van der Waals surface area contributed by atoms with Crippen molar-refractivity contribution in [2.24, 2.45) is 0 Å². The molecule has 28 heavy (non-hydrogen) atoms. The van der Waals surface area contributed by atoms with Gasteiger partial charge in [0.15, 0.2) is 5.75 Å². The number of nitrogens with one attached hydrogen (secondary N) is 1. The summed E-state index contributed by atoms with van der Waals surface area (Å²) in [6.45, 7) is 1.67. The lowest BCUT2D eigenvalue weighted by atomic mass is 10.1. The first kappa shape index (κ1) is 19.4. The molecule has 1 amide bonds. The number of hydrogen-bond acceptors (Lipinski definition) is 8. The number of carbonyl (C=O) groups excluding carboxylic acids is 1. The summed E-state index contributed by atoms with van der Waals surface area (Å²) in [6, 6.07) is 12.1. The van der Waals surface area contributed by atoms with E-state index in [1.54, 1.807) is 6.92 Å². The molecule has 1 heterocycles. The molecule has 0 bridgehead atoms. The average Bonchev–Trinajstić information content (AvgIpc) is 3.17. The first-order chi connectivity index (χ1) is 13.5. The first-order valence-corrected chi connectivity index (χ1v) is 9.11. The van der Waals surface area contributed by atoms with E-state index >= 15 is 0 Å². The Hall–Kier alpha value is -3.40. The summed E-state index contributed by atoms with van der Waals surface area (Å²) in [6.07, 6.45) is 0. The van der Waals surface area contributed by atoms with Crippen LogP contribution in [0.2, 0.25) is 0 Å². The van der Waals surface area contributed by atoms with Crippen molar-refractivity contribution in [2.75, 3.05) is 18.2 Å². The minimum Gasteiger partial charge on any atom is -0.490 e. The van der Waals surface area contributed by atoms with Crippen LogP contribution in [0, 0.1) is 17.0 Å². The van der Waals surface area contributed by atoms with E-state index in [0.29, 0.717) is 17.1 Å². The molecule has 0 unspecified atom stereocenters. The number of nitro benzene ring substituents is 1. The summed E-state index contributed by atoms with van der Waals surface area (Å²) < 4.78 is 10.6. The van der Waals surface area contributed by atoms with Gasteiger partial charge in [0.05, 0.1) is 17.8 Å². The van der Waals surface area contributed by atoms with Crippen molar-refractivity contribution in [3.8, 4) is 17.2 Å². The molecule has 9 nitrogen and oxygen atoms in total. The molecule has 3 rings (SSSR count). The molecule has 144 valence electrons. The lowest BCUT2D eigenvalue weighted by molar-refractivity contribution is -0.385. The second-order valence-corrected chi connectivity index (χ2v) is 6.60. The Balaban J connectivity index is 1.64. The molecule has 0 aliphatic heterocycles. The number of carbonyl (C=O) groups is 1. The van der Waals surface area contributed by atoms with Gasteiger partial charge in [-0.15, -0.1) is 10.2 Å². The molecule has 1 aromatic heterocycles. The Bertz CT molecular complexity index is 1010. The summed E-state index contributed by atoms with van der Waals surface area (Å²) in [5, 5.41) is 21.9. The third kappa shape index (κ3) is 4.46. The largest absolute Gasteiger partial charge is 0.490 e. The molecule has 10 heteroatoms. The molecule has 2 aromatic carbocycles. The summed E-state index contributed by atoms with van der Waals surface area (Å²) in [4.78, 5) is 22.7. The molecule has 1 N–H and O–H groups in total. The van der Waals surface area contributed by atoms with E-state index < -0.39 is 4.92 Å². The summed E-state index contributed by atoms with van der Waals surface area (Å²) in [7, 11) is 1.33. The van der Waals surface area contributed by atoms with E-state index in [1.165, 1.54) is 19.2 Å². The summed E-state index contributed by atoms with van der Waals surface area (Å²) >= 11 is 1.10. The number of nitro groups is 1. The van der Waals surface area contributed by atoms with Crippen molar-refractivity contribution in [3.63, 3.8) is 0 Å². The molecule has 0 spiro atoms. The topological polar surface area (TPSA) is 120 Å². The predicted molar refractivity (Wildman–Crippen MR) is 103 cm³/mol. The van der Waals surface area contributed by atoms with E-state index in [4.69, 9.17) is 9.15 Å². The van der Waals surface area contributed by atoms with Gasteiger partial charge in [-0.3, -0.25) is 14.9 Å². The van der Waals surface area contributed by atoms with Crippen molar-refractivity contribution in [2.45, 2.75) is 12.1 Å². The Morgan fingerprint density at radius 1 is 1.29 bits per heavy atom. The summed E-state index contributed by atoms with van der Waals surface area (Å²) in [5.74, 6) is 0.167. The number of aromatic nitrogens is 2. The maximum Gasteiger partial charge on any atom is 0.311 e. The molecular weight excluding hydrogens is 384 g/mol. The van der Waals surface area contributed by atoms with Gasteiger partial charge in [0.25, 0.3) is 5.22 Å².